The average molecular weight is 368 g/mol. The molecule has 1 saturated heterocycles. The Balaban J connectivity index is 1.77. The molecule has 0 radical (unpaired) electrons. The minimum absolute atomic E-state index is 0.177. The van der Waals surface area contributed by atoms with Crippen molar-refractivity contribution in [2.24, 2.45) is 0 Å². The summed E-state index contributed by atoms with van der Waals surface area (Å²) in [6.07, 6.45) is 7.15. The van der Waals surface area contributed by atoms with Gasteiger partial charge in [-0.2, -0.15) is 0 Å². The summed E-state index contributed by atoms with van der Waals surface area (Å²) in [6.45, 7) is 5.35. The van der Waals surface area contributed by atoms with Gasteiger partial charge in [0.1, 0.15) is 11.6 Å². The van der Waals surface area contributed by atoms with Crippen LogP contribution in [0.4, 0.5) is 10.2 Å². The molecule has 0 N–H and O–H groups in total. The molecular formula is C23H30FN3. The van der Waals surface area contributed by atoms with Gasteiger partial charge >= 0.3 is 0 Å². The second-order valence-electron chi connectivity index (χ2n) is 8.15. The number of fused-ring (bicyclic) bond motifs is 1. The Labute approximate surface area is 162 Å². The van der Waals surface area contributed by atoms with Gasteiger partial charge in [0.05, 0.1) is 0 Å². The first-order valence-electron chi connectivity index (χ1n) is 10.4. The molecule has 2 heterocycles. The average Bonchev–Trinajstić information content (AvgIpc) is 2.65. The van der Waals surface area contributed by atoms with Crippen molar-refractivity contribution in [3.8, 4) is 11.1 Å². The molecule has 1 fully saturated rings. The van der Waals surface area contributed by atoms with Gasteiger partial charge in [-0.1, -0.05) is 25.0 Å². The van der Waals surface area contributed by atoms with Gasteiger partial charge in [0.25, 0.3) is 0 Å². The van der Waals surface area contributed by atoms with Crippen LogP contribution in [0.1, 0.15) is 43.9 Å². The lowest BCUT2D eigenvalue weighted by molar-refractivity contribution is 0.233. The standard InChI is InChI=1S/C23H30FN3/c1-17-16-27(14-13-26(17)2)23-15-21(18-9-11-19(24)12-10-18)20-7-5-3-4-6-8-22(20)25-23/h9-12,15,17H,3-8,13-14,16H2,1-2H3. The van der Waals surface area contributed by atoms with E-state index in [-0.39, 0.29) is 5.82 Å². The van der Waals surface area contributed by atoms with E-state index >= 15 is 0 Å². The van der Waals surface area contributed by atoms with Crippen molar-refractivity contribution < 1.29 is 4.39 Å². The van der Waals surface area contributed by atoms with E-state index in [1.54, 1.807) is 12.1 Å². The predicted molar refractivity (Wildman–Crippen MR) is 110 cm³/mol. The van der Waals surface area contributed by atoms with E-state index in [4.69, 9.17) is 4.98 Å². The minimum Gasteiger partial charge on any atom is -0.354 e. The monoisotopic (exact) mass is 367 g/mol. The van der Waals surface area contributed by atoms with Crippen LogP contribution in [0, 0.1) is 5.82 Å². The summed E-state index contributed by atoms with van der Waals surface area (Å²) in [5.41, 5.74) is 5.01. The molecule has 0 amide bonds. The van der Waals surface area contributed by atoms with E-state index in [0.29, 0.717) is 6.04 Å². The summed E-state index contributed by atoms with van der Waals surface area (Å²) < 4.78 is 13.5. The van der Waals surface area contributed by atoms with Gasteiger partial charge in [-0.3, -0.25) is 0 Å². The fourth-order valence-corrected chi connectivity index (χ4v) is 4.35. The first-order chi connectivity index (χ1) is 13.1. The lowest BCUT2D eigenvalue weighted by atomic mass is 9.90. The number of piperazine rings is 1. The molecule has 144 valence electrons. The highest BCUT2D eigenvalue weighted by atomic mass is 19.1. The van der Waals surface area contributed by atoms with Gasteiger partial charge in [-0.15, -0.1) is 0 Å². The number of hydrogen-bond acceptors (Lipinski definition) is 3. The molecule has 1 unspecified atom stereocenters. The van der Waals surface area contributed by atoms with Gasteiger partial charge in [0.15, 0.2) is 0 Å². The van der Waals surface area contributed by atoms with Crippen LogP contribution in [-0.4, -0.2) is 42.6 Å². The Hall–Kier alpha value is -1.94. The number of aromatic nitrogens is 1. The zero-order chi connectivity index (χ0) is 18.8. The van der Waals surface area contributed by atoms with E-state index in [2.05, 4.69) is 29.8 Å². The molecule has 27 heavy (non-hydrogen) atoms. The van der Waals surface area contributed by atoms with Crippen LogP contribution in [0.15, 0.2) is 30.3 Å². The molecule has 4 rings (SSSR count). The van der Waals surface area contributed by atoms with Crippen molar-refractivity contribution >= 4 is 5.82 Å². The molecule has 4 heteroatoms. The second-order valence-corrected chi connectivity index (χ2v) is 8.15. The van der Waals surface area contributed by atoms with Crippen molar-refractivity contribution in [3.05, 3.63) is 47.4 Å². The Kier molecular flexibility index (Phi) is 5.44. The van der Waals surface area contributed by atoms with E-state index in [1.807, 2.05) is 12.1 Å². The van der Waals surface area contributed by atoms with Crippen molar-refractivity contribution in [1.29, 1.82) is 0 Å². The number of nitrogens with zero attached hydrogens (tertiary/aromatic N) is 3. The highest BCUT2D eigenvalue weighted by Gasteiger charge is 2.24. The molecule has 1 aliphatic carbocycles. The smallest absolute Gasteiger partial charge is 0.129 e. The van der Waals surface area contributed by atoms with Crippen LogP contribution in [0.5, 0.6) is 0 Å². The summed E-state index contributed by atoms with van der Waals surface area (Å²) >= 11 is 0. The molecule has 0 spiro atoms. The van der Waals surface area contributed by atoms with Crippen LogP contribution >= 0.6 is 0 Å². The van der Waals surface area contributed by atoms with E-state index in [1.165, 1.54) is 42.5 Å². The van der Waals surface area contributed by atoms with Crippen molar-refractivity contribution in [2.75, 3.05) is 31.6 Å². The summed E-state index contributed by atoms with van der Waals surface area (Å²) in [5.74, 6) is 0.914. The van der Waals surface area contributed by atoms with Crippen LogP contribution in [0.25, 0.3) is 11.1 Å². The molecule has 1 aliphatic heterocycles. The quantitative estimate of drug-likeness (QED) is 0.768. The van der Waals surface area contributed by atoms with Crippen LogP contribution in [-0.2, 0) is 12.8 Å². The zero-order valence-corrected chi connectivity index (χ0v) is 16.5. The van der Waals surface area contributed by atoms with Gasteiger partial charge < -0.3 is 9.80 Å². The Morgan fingerprint density at radius 1 is 1.00 bits per heavy atom. The van der Waals surface area contributed by atoms with Gasteiger partial charge in [-0.25, -0.2) is 9.37 Å². The molecule has 1 aromatic carbocycles. The van der Waals surface area contributed by atoms with Gasteiger partial charge in [-0.05, 0) is 74.5 Å². The number of hydrogen-bond donors (Lipinski definition) is 0. The SMILES string of the molecule is CC1CN(c2cc(-c3ccc(F)cc3)c3c(n2)CCCCCC3)CCN1C. The molecule has 1 aromatic heterocycles. The van der Waals surface area contributed by atoms with Gasteiger partial charge in [0.2, 0.25) is 0 Å². The predicted octanol–water partition coefficient (Wildman–Crippen LogP) is 4.69. The summed E-state index contributed by atoms with van der Waals surface area (Å²) in [7, 11) is 2.19. The van der Waals surface area contributed by atoms with E-state index in [0.717, 1.165) is 43.9 Å². The van der Waals surface area contributed by atoms with Crippen molar-refractivity contribution in [1.82, 2.24) is 9.88 Å². The molecular weight excluding hydrogens is 337 g/mol. The molecule has 0 saturated carbocycles. The van der Waals surface area contributed by atoms with E-state index < -0.39 is 0 Å². The molecule has 1 atom stereocenters. The number of halogens is 1. The third kappa shape index (κ3) is 4.01. The topological polar surface area (TPSA) is 19.4 Å². The second kappa shape index (κ2) is 7.97. The fraction of sp³-hybridized carbons (Fsp3) is 0.522. The Morgan fingerprint density at radius 3 is 2.48 bits per heavy atom. The maximum Gasteiger partial charge on any atom is 0.129 e. The maximum absolute atomic E-state index is 13.5. The largest absolute Gasteiger partial charge is 0.354 e. The summed E-state index contributed by atoms with van der Waals surface area (Å²) in [6, 6.07) is 9.76. The van der Waals surface area contributed by atoms with Crippen molar-refractivity contribution in [3.63, 3.8) is 0 Å². The van der Waals surface area contributed by atoms with Crippen molar-refractivity contribution in [2.45, 2.75) is 51.5 Å². The third-order valence-corrected chi connectivity index (χ3v) is 6.23. The minimum atomic E-state index is -0.177. The number of anilines is 1. The first kappa shape index (κ1) is 18.4. The molecule has 2 aromatic rings. The highest BCUT2D eigenvalue weighted by molar-refractivity contribution is 5.72. The van der Waals surface area contributed by atoms with Crippen LogP contribution in [0.3, 0.4) is 0 Å². The lowest BCUT2D eigenvalue weighted by Gasteiger charge is -2.38. The number of likely N-dealkylation sites (N-methyl/N-ethyl adjacent to an activating group) is 1. The third-order valence-electron chi connectivity index (χ3n) is 6.23. The van der Waals surface area contributed by atoms with Gasteiger partial charge in [0, 0.05) is 31.4 Å². The summed E-state index contributed by atoms with van der Waals surface area (Å²) in [4.78, 5) is 9.97. The van der Waals surface area contributed by atoms with Crippen LogP contribution < -0.4 is 4.90 Å². The number of rotatable bonds is 2. The van der Waals surface area contributed by atoms with E-state index in [9.17, 15) is 4.39 Å². The Bertz CT molecular complexity index is 787. The highest BCUT2D eigenvalue weighted by Crippen LogP contribution is 2.33. The number of aryl methyl sites for hydroxylation is 1. The normalized spacial score (nSPS) is 21.4. The van der Waals surface area contributed by atoms with Crippen LogP contribution in [0.2, 0.25) is 0 Å². The summed E-state index contributed by atoms with van der Waals surface area (Å²) in [5, 5.41) is 0. The number of benzene rings is 1. The first-order valence-corrected chi connectivity index (χ1v) is 10.4. The molecule has 3 nitrogen and oxygen atoms in total. The molecule has 0 bridgehead atoms. The zero-order valence-electron chi connectivity index (χ0n) is 16.5. The number of pyridine rings is 1. The molecule has 2 aliphatic rings. The maximum atomic E-state index is 13.5. The fourth-order valence-electron chi connectivity index (χ4n) is 4.35. The lowest BCUT2D eigenvalue weighted by Crippen LogP contribution is -2.50. The Morgan fingerprint density at radius 2 is 1.74 bits per heavy atom.